The molecule has 0 fully saturated rings. The minimum Gasteiger partial charge on any atom is -0.335 e. The van der Waals surface area contributed by atoms with E-state index in [-0.39, 0.29) is 11.7 Å². The van der Waals surface area contributed by atoms with Gasteiger partial charge in [0.2, 0.25) is 5.91 Å². The third-order valence-corrected chi connectivity index (χ3v) is 5.33. The zero-order chi connectivity index (χ0) is 18.1. The number of benzene rings is 2. The van der Waals surface area contributed by atoms with E-state index in [2.05, 4.69) is 20.9 Å². The van der Waals surface area contributed by atoms with Gasteiger partial charge in [-0.25, -0.2) is 9.37 Å². The molecule has 1 aliphatic rings. The second-order valence-corrected chi connectivity index (χ2v) is 7.05. The molecular weight excluding hydrogens is 397 g/mol. The molecule has 1 amide bonds. The lowest BCUT2D eigenvalue weighted by Crippen LogP contribution is -2.40. The number of amides is 1. The van der Waals surface area contributed by atoms with Crippen molar-refractivity contribution in [1.29, 1.82) is 0 Å². The molecule has 0 bridgehead atoms. The van der Waals surface area contributed by atoms with Gasteiger partial charge in [0.25, 0.3) is 0 Å². The molecule has 4 nitrogen and oxygen atoms in total. The minimum absolute atomic E-state index is 0.0690. The first-order valence-electron chi connectivity index (χ1n) is 8.43. The van der Waals surface area contributed by atoms with Gasteiger partial charge in [0, 0.05) is 6.54 Å². The van der Waals surface area contributed by atoms with Crippen molar-refractivity contribution in [3.8, 4) is 11.1 Å². The number of hydrogen-bond acceptors (Lipinski definition) is 2. The average Bonchev–Trinajstić information content (AvgIpc) is 3.01. The van der Waals surface area contributed by atoms with Gasteiger partial charge in [-0.3, -0.25) is 4.79 Å². The monoisotopic (exact) mass is 413 g/mol. The van der Waals surface area contributed by atoms with E-state index < -0.39 is 0 Å². The standard InChI is InChI=1S/C20H17BrFN3O/c21-20-23-11-17-12-24(19(26)13-25(17)20)9-8-15-6-7-16(22)10-18(15)14-4-2-1-3-5-14/h1-7,10-11H,8-9,12-13H2. The fourth-order valence-corrected chi connectivity index (χ4v) is 3.77. The van der Waals surface area contributed by atoms with Crippen LogP contribution in [0.1, 0.15) is 11.3 Å². The molecule has 0 saturated carbocycles. The Labute approximate surface area is 159 Å². The molecule has 3 aromatic rings. The van der Waals surface area contributed by atoms with E-state index in [1.165, 1.54) is 6.07 Å². The van der Waals surface area contributed by atoms with Crippen molar-refractivity contribution in [2.24, 2.45) is 0 Å². The van der Waals surface area contributed by atoms with Crippen LogP contribution in [0.15, 0.2) is 59.5 Å². The molecule has 0 spiro atoms. The summed E-state index contributed by atoms with van der Waals surface area (Å²) in [7, 11) is 0. The molecule has 0 N–H and O–H groups in total. The molecule has 2 heterocycles. The first kappa shape index (κ1) is 17.0. The van der Waals surface area contributed by atoms with Crippen LogP contribution in [0.2, 0.25) is 0 Å². The van der Waals surface area contributed by atoms with Gasteiger partial charge in [-0.05, 0) is 51.2 Å². The highest BCUT2D eigenvalue weighted by molar-refractivity contribution is 9.10. The van der Waals surface area contributed by atoms with Crippen LogP contribution in [-0.2, 0) is 24.3 Å². The van der Waals surface area contributed by atoms with Gasteiger partial charge in [0.15, 0.2) is 4.73 Å². The Morgan fingerprint density at radius 3 is 2.73 bits per heavy atom. The van der Waals surface area contributed by atoms with Crippen LogP contribution in [-0.4, -0.2) is 26.9 Å². The Morgan fingerprint density at radius 2 is 1.92 bits per heavy atom. The van der Waals surface area contributed by atoms with E-state index in [1.807, 2.05) is 45.9 Å². The quantitative estimate of drug-likeness (QED) is 0.647. The summed E-state index contributed by atoms with van der Waals surface area (Å²) in [5.41, 5.74) is 3.90. The summed E-state index contributed by atoms with van der Waals surface area (Å²) >= 11 is 3.36. The Hall–Kier alpha value is -2.47. The summed E-state index contributed by atoms with van der Waals surface area (Å²) in [6, 6.07) is 14.6. The smallest absolute Gasteiger partial charge is 0.242 e. The van der Waals surface area contributed by atoms with Crippen molar-refractivity contribution >= 4 is 21.8 Å². The summed E-state index contributed by atoms with van der Waals surface area (Å²) < 4.78 is 16.3. The van der Waals surface area contributed by atoms with Gasteiger partial charge in [-0.2, -0.15) is 0 Å². The highest BCUT2D eigenvalue weighted by Crippen LogP contribution is 2.26. The lowest BCUT2D eigenvalue weighted by molar-refractivity contribution is -0.134. The SMILES string of the molecule is O=C1Cn2c(cnc2Br)CN1CCc1ccc(F)cc1-c1ccccc1. The van der Waals surface area contributed by atoms with Crippen LogP contribution in [0, 0.1) is 5.82 Å². The number of carbonyl (C=O) groups excluding carboxylic acids is 1. The van der Waals surface area contributed by atoms with Crippen LogP contribution in [0.25, 0.3) is 11.1 Å². The maximum atomic E-state index is 13.8. The van der Waals surface area contributed by atoms with Gasteiger partial charge in [-0.15, -0.1) is 0 Å². The van der Waals surface area contributed by atoms with Crippen molar-refractivity contribution in [2.75, 3.05) is 6.54 Å². The maximum Gasteiger partial charge on any atom is 0.242 e. The minimum atomic E-state index is -0.254. The summed E-state index contributed by atoms with van der Waals surface area (Å²) in [5.74, 6) is -0.185. The normalized spacial score (nSPS) is 13.8. The summed E-state index contributed by atoms with van der Waals surface area (Å²) in [6.45, 7) is 1.43. The molecule has 0 aliphatic carbocycles. The predicted octanol–water partition coefficient (Wildman–Crippen LogP) is 4.04. The van der Waals surface area contributed by atoms with Gasteiger partial charge in [-0.1, -0.05) is 36.4 Å². The van der Waals surface area contributed by atoms with Crippen LogP contribution in [0.3, 0.4) is 0 Å². The van der Waals surface area contributed by atoms with Crippen LogP contribution in [0.5, 0.6) is 0 Å². The molecule has 4 rings (SSSR count). The largest absolute Gasteiger partial charge is 0.335 e. The van der Waals surface area contributed by atoms with Gasteiger partial charge < -0.3 is 9.47 Å². The Morgan fingerprint density at radius 1 is 1.12 bits per heavy atom. The molecule has 0 unspecified atom stereocenters. The fraction of sp³-hybridized carbons (Fsp3) is 0.200. The summed E-state index contributed by atoms with van der Waals surface area (Å²) in [5, 5.41) is 0. The highest BCUT2D eigenvalue weighted by Gasteiger charge is 2.24. The number of imidazole rings is 1. The van der Waals surface area contributed by atoms with E-state index >= 15 is 0 Å². The molecule has 2 aromatic carbocycles. The van der Waals surface area contributed by atoms with Crippen molar-refractivity contribution < 1.29 is 9.18 Å². The lowest BCUT2D eigenvalue weighted by Gasteiger charge is -2.28. The molecule has 0 atom stereocenters. The molecule has 6 heteroatoms. The third kappa shape index (κ3) is 3.29. The summed E-state index contributed by atoms with van der Waals surface area (Å²) in [4.78, 5) is 18.5. The Kier molecular flexibility index (Phi) is 4.59. The number of nitrogens with zero attached hydrogens (tertiary/aromatic N) is 3. The Balaban J connectivity index is 1.55. The van der Waals surface area contributed by atoms with Crippen molar-refractivity contribution in [1.82, 2.24) is 14.5 Å². The molecule has 0 saturated heterocycles. The van der Waals surface area contributed by atoms with Crippen LogP contribution in [0.4, 0.5) is 4.39 Å². The van der Waals surface area contributed by atoms with E-state index in [0.717, 1.165) is 22.4 Å². The number of fused-ring (bicyclic) bond motifs is 1. The zero-order valence-electron chi connectivity index (χ0n) is 14.0. The lowest BCUT2D eigenvalue weighted by atomic mass is 9.97. The van der Waals surface area contributed by atoms with Crippen molar-refractivity contribution in [3.63, 3.8) is 0 Å². The van der Waals surface area contributed by atoms with E-state index in [9.17, 15) is 9.18 Å². The molecule has 1 aromatic heterocycles. The number of hydrogen-bond donors (Lipinski definition) is 0. The zero-order valence-corrected chi connectivity index (χ0v) is 15.6. The van der Waals surface area contributed by atoms with Crippen LogP contribution >= 0.6 is 15.9 Å². The van der Waals surface area contributed by atoms with Crippen molar-refractivity contribution in [3.05, 3.63) is 76.5 Å². The number of carbonyl (C=O) groups is 1. The predicted molar refractivity (Wildman–Crippen MR) is 101 cm³/mol. The average molecular weight is 414 g/mol. The molecule has 0 radical (unpaired) electrons. The summed E-state index contributed by atoms with van der Waals surface area (Å²) in [6.07, 6.45) is 2.46. The van der Waals surface area contributed by atoms with Crippen molar-refractivity contribution in [2.45, 2.75) is 19.5 Å². The first-order chi connectivity index (χ1) is 12.6. The molecule has 26 heavy (non-hydrogen) atoms. The van der Waals surface area contributed by atoms with Gasteiger partial charge in [0.05, 0.1) is 18.4 Å². The second kappa shape index (κ2) is 7.03. The highest BCUT2D eigenvalue weighted by atomic mass is 79.9. The number of halogens is 2. The van der Waals surface area contributed by atoms with Gasteiger partial charge in [0.1, 0.15) is 12.4 Å². The number of aromatic nitrogens is 2. The molecule has 1 aliphatic heterocycles. The maximum absolute atomic E-state index is 13.8. The van der Waals surface area contributed by atoms with Crippen LogP contribution < -0.4 is 0 Å². The van der Waals surface area contributed by atoms with E-state index in [4.69, 9.17) is 0 Å². The third-order valence-electron chi connectivity index (χ3n) is 4.70. The van der Waals surface area contributed by atoms with E-state index in [1.54, 1.807) is 12.3 Å². The first-order valence-corrected chi connectivity index (χ1v) is 9.22. The fourth-order valence-electron chi connectivity index (χ4n) is 3.31. The number of rotatable bonds is 4. The molecule has 132 valence electrons. The van der Waals surface area contributed by atoms with Gasteiger partial charge >= 0.3 is 0 Å². The second-order valence-electron chi connectivity index (χ2n) is 6.34. The topological polar surface area (TPSA) is 38.1 Å². The molecular formula is C20H17BrFN3O. The Bertz CT molecular complexity index is 955. The van der Waals surface area contributed by atoms with E-state index in [0.29, 0.717) is 30.8 Å².